The highest BCUT2D eigenvalue weighted by Crippen LogP contribution is 2.41. The van der Waals surface area contributed by atoms with E-state index in [2.05, 4.69) is 45.1 Å². The van der Waals surface area contributed by atoms with E-state index in [-0.39, 0.29) is 5.91 Å². The molecule has 1 aromatic rings. The number of anilines is 2. The molecule has 114 valence electrons. The number of halogens is 1. The molecule has 1 fully saturated rings. The minimum absolute atomic E-state index is 0.347. The summed E-state index contributed by atoms with van der Waals surface area (Å²) in [5.74, 6) is -0.347. The topological polar surface area (TPSA) is 55.8 Å². The zero-order chi connectivity index (χ0) is 15.1. The van der Waals surface area contributed by atoms with Gasteiger partial charge in [0.15, 0.2) is 6.10 Å². The number of aliphatic hydroxyl groups is 1. The van der Waals surface area contributed by atoms with Crippen molar-refractivity contribution in [3.05, 3.63) is 22.2 Å². The van der Waals surface area contributed by atoms with Crippen LogP contribution in [0.25, 0.3) is 0 Å². The largest absolute Gasteiger partial charge is 0.378 e. The van der Waals surface area contributed by atoms with Crippen molar-refractivity contribution in [2.75, 3.05) is 37.4 Å². The van der Waals surface area contributed by atoms with Crippen LogP contribution in [0.2, 0.25) is 0 Å². The molecule has 5 nitrogen and oxygen atoms in total. The molecule has 0 spiro atoms. The number of carbonyl (C=O) groups is 1. The maximum absolute atomic E-state index is 11.6. The normalized spacial score (nSPS) is 24.6. The minimum atomic E-state index is -1.05. The maximum atomic E-state index is 11.6. The summed E-state index contributed by atoms with van der Waals surface area (Å²) in [7, 11) is 4.18. The van der Waals surface area contributed by atoms with Crippen LogP contribution in [0.15, 0.2) is 16.6 Å². The number of fused-ring (bicyclic) bond motifs is 1. The molecule has 0 aliphatic carbocycles. The SMILES string of the molecule is CN(C)CC1CCCN1c1cc2c(cc1Br)C(O)C(=O)N2. The summed E-state index contributed by atoms with van der Waals surface area (Å²) in [4.78, 5) is 16.2. The summed E-state index contributed by atoms with van der Waals surface area (Å²) in [6.07, 6.45) is 1.30. The Morgan fingerprint density at radius 1 is 1.48 bits per heavy atom. The van der Waals surface area contributed by atoms with Gasteiger partial charge in [0.1, 0.15) is 0 Å². The van der Waals surface area contributed by atoms with Gasteiger partial charge in [-0.15, -0.1) is 0 Å². The van der Waals surface area contributed by atoms with E-state index in [4.69, 9.17) is 0 Å². The smallest absolute Gasteiger partial charge is 0.257 e. The lowest BCUT2D eigenvalue weighted by Gasteiger charge is -2.30. The fourth-order valence-corrected chi connectivity index (χ4v) is 3.83. The maximum Gasteiger partial charge on any atom is 0.257 e. The third-order valence-corrected chi connectivity index (χ3v) is 4.82. The Labute approximate surface area is 133 Å². The quantitative estimate of drug-likeness (QED) is 0.872. The summed E-state index contributed by atoms with van der Waals surface area (Å²) in [6.45, 7) is 2.03. The lowest BCUT2D eigenvalue weighted by atomic mass is 10.1. The second-order valence-corrected chi connectivity index (χ2v) is 6.89. The molecule has 1 saturated heterocycles. The number of nitrogens with zero attached hydrogens (tertiary/aromatic N) is 2. The Kier molecular flexibility index (Phi) is 3.94. The number of benzene rings is 1. The van der Waals surface area contributed by atoms with Gasteiger partial charge in [-0.3, -0.25) is 4.79 Å². The fourth-order valence-electron chi connectivity index (χ4n) is 3.24. The van der Waals surface area contributed by atoms with E-state index < -0.39 is 6.10 Å². The van der Waals surface area contributed by atoms with Gasteiger partial charge in [-0.25, -0.2) is 0 Å². The summed E-state index contributed by atoms with van der Waals surface area (Å²) in [5, 5.41) is 12.6. The highest BCUT2D eigenvalue weighted by molar-refractivity contribution is 9.10. The zero-order valence-corrected chi connectivity index (χ0v) is 13.9. The standard InChI is InChI=1S/C15H20BrN3O2/c1-18(2)8-9-4-3-5-19(9)13-7-12-10(6-11(13)16)14(20)15(21)17-12/h6-7,9,14,20H,3-5,8H2,1-2H3,(H,17,21). The molecule has 2 aliphatic rings. The van der Waals surface area contributed by atoms with Crippen LogP contribution < -0.4 is 10.2 Å². The molecule has 2 heterocycles. The van der Waals surface area contributed by atoms with Crippen LogP contribution in [0.4, 0.5) is 11.4 Å². The van der Waals surface area contributed by atoms with Gasteiger partial charge in [-0.05, 0) is 55.0 Å². The van der Waals surface area contributed by atoms with E-state index >= 15 is 0 Å². The molecule has 0 radical (unpaired) electrons. The van der Waals surface area contributed by atoms with Crippen molar-refractivity contribution in [3.63, 3.8) is 0 Å². The molecule has 2 unspecified atom stereocenters. The van der Waals surface area contributed by atoms with Crippen molar-refractivity contribution < 1.29 is 9.90 Å². The number of amides is 1. The second-order valence-electron chi connectivity index (χ2n) is 6.03. The predicted molar refractivity (Wildman–Crippen MR) is 86.7 cm³/mol. The molecule has 2 aliphatic heterocycles. The van der Waals surface area contributed by atoms with Crippen molar-refractivity contribution in [2.45, 2.75) is 25.0 Å². The molecular weight excluding hydrogens is 334 g/mol. The molecule has 2 atom stereocenters. The first-order valence-corrected chi connectivity index (χ1v) is 8.00. The Morgan fingerprint density at radius 3 is 2.95 bits per heavy atom. The highest BCUT2D eigenvalue weighted by atomic mass is 79.9. The lowest BCUT2D eigenvalue weighted by Crippen LogP contribution is -2.37. The molecule has 0 saturated carbocycles. The lowest BCUT2D eigenvalue weighted by molar-refractivity contribution is -0.123. The highest BCUT2D eigenvalue weighted by Gasteiger charge is 2.32. The minimum Gasteiger partial charge on any atom is -0.378 e. The van der Waals surface area contributed by atoms with Gasteiger partial charge >= 0.3 is 0 Å². The second kappa shape index (κ2) is 5.59. The Hall–Kier alpha value is -1.11. The Bertz CT molecular complexity index is 576. The number of hydrogen-bond acceptors (Lipinski definition) is 4. The molecule has 2 N–H and O–H groups in total. The molecule has 1 amide bonds. The van der Waals surface area contributed by atoms with Crippen molar-refractivity contribution >= 4 is 33.2 Å². The molecule has 21 heavy (non-hydrogen) atoms. The first-order chi connectivity index (χ1) is 9.97. The van der Waals surface area contributed by atoms with E-state index in [1.54, 1.807) is 0 Å². The van der Waals surface area contributed by atoms with Crippen LogP contribution in [0.3, 0.4) is 0 Å². The van der Waals surface area contributed by atoms with E-state index in [0.717, 1.165) is 28.9 Å². The van der Waals surface area contributed by atoms with Gasteiger partial charge in [0.05, 0.1) is 5.69 Å². The number of hydrogen-bond donors (Lipinski definition) is 2. The molecule has 6 heteroatoms. The third kappa shape index (κ3) is 2.67. The summed E-state index contributed by atoms with van der Waals surface area (Å²) >= 11 is 3.60. The average Bonchev–Trinajstić information content (AvgIpc) is 2.96. The van der Waals surface area contributed by atoms with E-state index in [1.807, 2.05) is 12.1 Å². The Morgan fingerprint density at radius 2 is 2.24 bits per heavy atom. The fraction of sp³-hybridized carbons (Fsp3) is 0.533. The third-order valence-electron chi connectivity index (χ3n) is 4.18. The summed E-state index contributed by atoms with van der Waals surface area (Å²) < 4.78 is 0.933. The number of carbonyl (C=O) groups excluding carboxylic acids is 1. The number of aliphatic hydroxyl groups excluding tert-OH is 1. The zero-order valence-electron chi connectivity index (χ0n) is 12.3. The van der Waals surface area contributed by atoms with Gasteiger partial charge in [0, 0.05) is 34.9 Å². The average molecular weight is 354 g/mol. The first kappa shape index (κ1) is 14.8. The van der Waals surface area contributed by atoms with Gasteiger partial charge in [-0.2, -0.15) is 0 Å². The van der Waals surface area contributed by atoms with Crippen LogP contribution in [0.1, 0.15) is 24.5 Å². The number of nitrogens with one attached hydrogen (secondary N) is 1. The molecule has 0 aromatic heterocycles. The van der Waals surface area contributed by atoms with Crippen molar-refractivity contribution in [1.82, 2.24) is 4.90 Å². The predicted octanol–water partition coefficient (Wildman–Crippen LogP) is 1.96. The molecule has 3 rings (SSSR count). The molecule has 1 aromatic carbocycles. The number of likely N-dealkylation sites (N-methyl/N-ethyl adjacent to an activating group) is 1. The van der Waals surface area contributed by atoms with Crippen molar-refractivity contribution in [2.24, 2.45) is 0 Å². The van der Waals surface area contributed by atoms with Crippen LogP contribution in [-0.2, 0) is 4.79 Å². The first-order valence-electron chi connectivity index (χ1n) is 7.21. The van der Waals surface area contributed by atoms with E-state index in [0.29, 0.717) is 11.6 Å². The summed E-state index contributed by atoms with van der Waals surface area (Å²) in [5.41, 5.74) is 2.47. The van der Waals surface area contributed by atoms with Crippen LogP contribution in [0.5, 0.6) is 0 Å². The molecular formula is C15H20BrN3O2. The van der Waals surface area contributed by atoms with Crippen molar-refractivity contribution in [3.8, 4) is 0 Å². The van der Waals surface area contributed by atoms with Crippen molar-refractivity contribution in [1.29, 1.82) is 0 Å². The van der Waals surface area contributed by atoms with Crippen LogP contribution in [-0.4, -0.2) is 49.1 Å². The van der Waals surface area contributed by atoms with Crippen LogP contribution in [0, 0.1) is 0 Å². The monoisotopic (exact) mass is 353 g/mol. The van der Waals surface area contributed by atoms with Crippen LogP contribution >= 0.6 is 15.9 Å². The van der Waals surface area contributed by atoms with Gasteiger partial charge < -0.3 is 20.2 Å². The Balaban J connectivity index is 1.93. The number of rotatable bonds is 3. The van der Waals surface area contributed by atoms with Gasteiger partial charge in [-0.1, -0.05) is 0 Å². The van der Waals surface area contributed by atoms with Gasteiger partial charge in [0.25, 0.3) is 5.91 Å². The van der Waals surface area contributed by atoms with E-state index in [1.165, 1.54) is 12.8 Å². The summed E-state index contributed by atoms with van der Waals surface area (Å²) in [6, 6.07) is 4.32. The van der Waals surface area contributed by atoms with Gasteiger partial charge in [0.2, 0.25) is 0 Å². The molecule has 0 bridgehead atoms. The van der Waals surface area contributed by atoms with E-state index in [9.17, 15) is 9.90 Å².